The number of nitrogens with two attached hydrogens (primary N) is 1. The zero-order chi connectivity index (χ0) is 18.4. The van der Waals surface area contributed by atoms with Gasteiger partial charge in [0.2, 0.25) is 11.5 Å². The van der Waals surface area contributed by atoms with Gasteiger partial charge in [0.25, 0.3) is 0 Å². The number of carbonyl (C=O) groups excluding carboxylic acids is 1. The molecule has 0 aromatic heterocycles. The first kappa shape index (κ1) is 18.7. The smallest absolute Gasteiger partial charge is 0.353 e. The Morgan fingerprint density at radius 3 is 2.44 bits per heavy atom. The fraction of sp³-hybridized carbons (Fsp3) is 0.188. The number of hydrogen-bond donors (Lipinski definition) is 1. The Labute approximate surface area is 151 Å². The van der Waals surface area contributed by atoms with E-state index in [0.717, 1.165) is 5.56 Å². The molecule has 0 atom stereocenters. The molecule has 0 saturated carbocycles. The van der Waals surface area contributed by atoms with Crippen molar-refractivity contribution >= 4 is 27.6 Å². The summed E-state index contributed by atoms with van der Waals surface area (Å²) < 4.78 is 16.0. The van der Waals surface area contributed by atoms with E-state index in [1.807, 2.05) is 0 Å². The maximum absolute atomic E-state index is 11.4. The fourth-order valence-corrected chi connectivity index (χ4v) is 2.38. The Bertz CT molecular complexity index is 779. The minimum absolute atomic E-state index is 0.0324. The largest absolute Gasteiger partial charge is 0.497 e. The van der Waals surface area contributed by atoms with Crippen molar-refractivity contribution in [1.29, 1.82) is 0 Å². The molecular weight excluding hydrogens is 396 g/mol. The number of benzene rings is 2. The van der Waals surface area contributed by atoms with Gasteiger partial charge in [0.15, 0.2) is 0 Å². The first-order valence-corrected chi connectivity index (χ1v) is 7.88. The van der Waals surface area contributed by atoms with Crippen molar-refractivity contribution < 1.29 is 23.9 Å². The molecule has 0 saturated heterocycles. The maximum atomic E-state index is 11.4. The van der Waals surface area contributed by atoms with E-state index in [1.54, 1.807) is 31.4 Å². The highest BCUT2D eigenvalue weighted by molar-refractivity contribution is 9.10. The highest BCUT2D eigenvalue weighted by Gasteiger charge is 2.25. The molecule has 25 heavy (non-hydrogen) atoms. The number of esters is 1. The summed E-state index contributed by atoms with van der Waals surface area (Å²) in [4.78, 5) is 22.1. The number of nitro groups is 1. The van der Waals surface area contributed by atoms with Crippen molar-refractivity contribution in [3.63, 3.8) is 0 Å². The number of hydrogen-bond acceptors (Lipinski definition) is 7. The van der Waals surface area contributed by atoms with Gasteiger partial charge in [-0.2, -0.15) is 0 Å². The van der Waals surface area contributed by atoms with Crippen LogP contribution in [0.2, 0.25) is 0 Å². The molecule has 0 amide bonds. The first-order valence-electron chi connectivity index (χ1n) is 7.09. The predicted octanol–water partition coefficient (Wildman–Crippen LogP) is 2.81. The van der Waals surface area contributed by atoms with Crippen LogP contribution in [-0.2, 0) is 11.4 Å². The number of nitro benzene ring substituents is 1. The second-order valence-electron chi connectivity index (χ2n) is 4.82. The summed E-state index contributed by atoms with van der Waals surface area (Å²) in [6.07, 6.45) is 0. The van der Waals surface area contributed by atoms with Crippen LogP contribution < -0.4 is 19.9 Å². The third kappa shape index (κ3) is 4.91. The Kier molecular flexibility index (Phi) is 6.31. The molecule has 0 radical (unpaired) electrons. The van der Waals surface area contributed by atoms with Crippen LogP contribution in [0.25, 0.3) is 0 Å². The standard InChI is InChI=1S/C16H15BrN2O6/c1-23-12-4-2-10(3-5-12)9-24-13-6-11(17)7-14(16(13)19(21)22)25-15(20)8-18/h2-7H,8-9,18H2,1H3. The summed E-state index contributed by atoms with van der Waals surface area (Å²) in [5, 5.41) is 11.4. The molecule has 0 unspecified atom stereocenters. The lowest BCUT2D eigenvalue weighted by Crippen LogP contribution is -2.20. The van der Waals surface area contributed by atoms with Gasteiger partial charge in [0.1, 0.15) is 12.4 Å². The highest BCUT2D eigenvalue weighted by atomic mass is 79.9. The van der Waals surface area contributed by atoms with Crippen LogP contribution in [0.5, 0.6) is 17.2 Å². The van der Waals surface area contributed by atoms with Crippen LogP contribution in [-0.4, -0.2) is 24.5 Å². The third-order valence-corrected chi connectivity index (χ3v) is 3.59. The van der Waals surface area contributed by atoms with E-state index in [-0.39, 0.29) is 18.1 Å². The predicted molar refractivity (Wildman–Crippen MR) is 92.8 cm³/mol. The number of halogens is 1. The van der Waals surface area contributed by atoms with Gasteiger partial charge in [0.05, 0.1) is 18.6 Å². The van der Waals surface area contributed by atoms with Crippen LogP contribution in [0, 0.1) is 10.1 Å². The second-order valence-corrected chi connectivity index (χ2v) is 5.74. The zero-order valence-electron chi connectivity index (χ0n) is 13.2. The molecule has 0 aliphatic heterocycles. The molecule has 0 spiro atoms. The number of nitrogens with zero attached hydrogens (tertiary/aromatic N) is 1. The Morgan fingerprint density at radius 1 is 1.24 bits per heavy atom. The Morgan fingerprint density at radius 2 is 1.88 bits per heavy atom. The van der Waals surface area contributed by atoms with E-state index < -0.39 is 23.1 Å². The molecule has 0 heterocycles. The van der Waals surface area contributed by atoms with Gasteiger partial charge in [-0.25, -0.2) is 0 Å². The average molecular weight is 411 g/mol. The van der Waals surface area contributed by atoms with E-state index in [4.69, 9.17) is 19.9 Å². The second kappa shape index (κ2) is 8.45. The minimum Gasteiger partial charge on any atom is -0.497 e. The number of ether oxygens (including phenoxy) is 3. The summed E-state index contributed by atoms with van der Waals surface area (Å²) in [6, 6.07) is 9.80. The lowest BCUT2D eigenvalue weighted by molar-refractivity contribution is -0.386. The van der Waals surface area contributed by atoms with Crippen molar-refractivity contribution in [3.8, 4) is 17.2 Å². The van der Waals surface area contributed by atoms with Gasteiger partial charge in [0, 0.05) is 16.6 Å². The van der Waals surface area contributed by atoms with Gasteiger partial charge in [-0.1, -0.05) is 28.1 Å². The maximum Gasteiger partial charge on any atom is 0.353 e. The van der Waals surface area contributed by atoms with Crippen LogP contribution >= 0.6 is 15.9 Å². The molecule has 0 bridgehead atoms. The quantitative estimate of drug-likeness (QED) is 0.323. The number of rotatable bonds is 7. The van der Waals surface area contributed by atoms with Crippen LogP contribution in [0.4, 0.5) is 5.69 Å². The SMILES string of the molecule is COc1ccc(COc2cc(Br)cc(OC(=O)CN)c2[N+](=O)[O-])cc1. The average Bonchev–Trinajstić information content (AvgIpc) is 2.59. The van der Waals surface area contributed by atoms with Gasteiger partial charge in [-0.3, -0.25) is 14.9 Å². The van der Waals surface area contributed by atoms with Crippen LogP contribution in [0.1, 0.15) is 5.56 Å². The lowest BCUT2D eigenvalue weighted by atomic mass is 10.2. The van der Waals surface area contributed by atoms with Crippen molar-refractivity contribution in [1.82, 2.24) is 0 Å². The van der Waals surface area contributed by atoms with Crippen molar-refractivity contribution in [2.45, 2.75) is 6.61 Å². The molecule has 0 fully saturated rings. The summed E-state index contributed by atoms with van der Waals surface area (Å²) in [5.74, 6) is -0.370. The topological polar surface area (TPSA) is 114 Å². The molecule has 2 rings (SSSR count). The van der Waals surface area contributed by atoms with Gasteiger partial charge in [-0.15, -0.1) is 0 Å². The fourth-order valence-electron chi connectivity index (χ4n) is 1.97. The van der Waals surface area contributed by atoms with E-state index in [2.05, 4.69) is 15.9 Å². The Hall–Kier alpha value is -2.65. The van der Waals surface area contributed by atoms with Gasteiger partial charge < -0.3 is 19.9 Å². The van der Waals surface area contributed by atoms with Gasteiger partial charge in [-0.05, 0) is 17.7 Å². The lowest BCUT2D eigenvalue weighted by Gasteiger charge is -2.11. The van der Waals surface area contributed by atoms with E-state index in [1.165, 1.54) is 12.1 Å². The van der Waals surface area contributed by atoms with Crippen LogP contribution in [0.15, 0.2) is 40.9 Å². The summed E-state index contributed by atoms with van der Waals surface area (Å²) in [5.41, 5.74) is 5.52. The third-order valence-electron chi connectivity index (χ3n) is 3.13. The summed E-state index contributed by atoms with van der Waals surface area (Å²) in [6.45, 7) is -0.308. The van der Waals surface area contributed by atoms with Crippen molar-refractivity contribution in [3.05, 3.63) is 56.5 Å². The molecule has 8 nitrogen and oxygen atoms in total. The molecular formula is C16H15BrN2O6. The minimum atomic E-state index is -0.790. The molecule has 2 N–H and O–H groups in total. The zero-order valence-corrected chi connectivity index (χ0v) is 14.8. The van der Waals surface area contributed by atoms with E-state index in [9.17, 15) is 14.9 Å². The molecule has 2 aromatic rings. The first-order chi connectivity index (χ1) is 11.9. The normalized spacial score (nSPS) is 10.2. The summed E-state index contributed by atoms with van der Waals surface area (Å²) >= 11 is 3.21. The molecule has 132 valence electrons. The monoisotopic (exact) mass is 410 g/mol. The van der Waals surface area contributed by atoms with Crippen molar-refractivity contribution in [2.24, 2.45) is 5.73 Å². The molecule has 2 aromatic carbocycles. The summed E-state index contributed by atoms with van der Waals surface area (Å²) in [7, 11) is 1.56. The highest BCUT2D eigenvalue weighted by Crippen LogP contribution is 2.40. The van der Waals surface area contributed by atoms with Crippen molar-refractivity contribution in [2.75, 3.05) is 13.7 Å². The molecule has 9 heteroatoms. The van der Waals surface area contributed by atoms with Crippen LogP contribution in [0.3, 0.4) is 0 Å². The molecule has 0 aliphatic carbocycles. The molecule has 0 aliphatic rings. The van der Waals surface area contributed by atoms with E-state index in [0.29, 0.717) is 10.2 Å². The number of methoxy groups -OCH3 is 1. The van der Waals surface area contributed by atoms with E-state index >= 15 is 0 Å². The number of carbonyl (C=O) groups is 1. The Balaban J connectivity index is 2.28. The van der Waals surface area contributed by atoms with Gasteiger partial charge >= 0.3 is 11.7 Å².